The molecule has 0 atom stereocenters. The van der Waals surface area contributed by atoms with Crippen molar-refractivity contribution in [1.29, 1.82) is 0 Å². The summed E-state index contributed by atoms with van der Waals surface area (Å²) < 4.78 is 11.3. The number of hydrogen-bond acceptors (Lipinski definition) is 7. The number of carbonyl (C=O) groups is 1. The monoisotopic (exact) mass is 374 g/mol. The molecule has 1 spiro atoms. The second-order valence-electron chi connectivity index (χ2n) is 6.62. The predicted molar refractivity (Wildman–Crippen MR) is 98.9 cm³/mol. The highest BCUT2D eigenvalue weighted by Gasteiger charge is 2.41. The number of hydrogen-bond donors (Lipinski definition) is 0. The Morgan fingerprint density at radius 1 is 1.31 bits per heavy atom. The van der Waals surface area contributed by atoms with E-state index in [-0.39, 0.29) is 11.5 Å². The summed E-state index contributed by atoms with van der Waals surface area (Å²) in [4.78, 5) is 26.3. The van der Waals surface area contributed by atoms with Crippen LogP contribution >= 0.6 is 11.3 Å². The maximum absolute atomic E-state index is 12.7. The second-order valence-corrected chi connectivity index (χ2v) is 7.57. The minimum atomic E-state index is -0.263. The van der Waals surface area contributed by atoms with Crippen molar-refractivity contribution in [2.24, 2.45) is 0 Å². The third-order valence-corrected chi connectivity index (χ3v) is 5.91. The van der Waals surface area contributed by atoms with Crippen molar-refractivity contribution < 1.29 is 14.3 Å². The van der Waals surface area contributed by atoms with E-state index in [1.165, 1.54) is 11.3 Å². The summed E-state index contributed by atoms with van der Waals surface area (Å²) in [6.07, 6.45) is 3.41. The number of nitrogens with zero attached hydrogens (tertiary/aromatic N) is 4. The van der Waals surface area contributed by atoms with Crippen molar-refractivity contribution in [2.75, 3.05) is 44.8 Å². The van der Waals surface area contributed by atoms with Crippen LogP contribution in [0, 0.1) is 0 Å². The van der Waals surface area contributed by atoms with Crippen LogP contribution < -0.4 is 9.64 Å². The number of aromatic nitrogens is 2. The molecule has 8 heteroatoms. The van der Waals surface area contributed by atoms with Gasteiger partial charge in [-0.1, -0.05) is 6.07 Å². The third-order valence-electron chi connectivity index (χ3n) is 5.05. The zero-order chi connectivity index (χ0) is 18.0. The summed E-state index contributed by atoms with van der Waals surface area (Å²) in [5.74, 6) is 1.36. The lowest BCUT2D eigenvalue weighted by Crippen LogP contribution is -2.58. The van der Waals surface area contributed by atoms with Gasteiger partial charge in [-0.2, -0.15) is 4.98 Å². The van der Waals surface area contributed by atoms with Gasteiger partial charge < -0.3 is 19.3 Å². The van der Waals surface area contributed by atoms with Crippen molar-refractivity contribution in [3.05, 3.63) is 34.7 Å². The van der Waals surface area contributed by atoms with Crippen LogP contribution in [-0.2, 0) is 4.74 Å². The largest absolute Gasteiger partial charge is 0.481 e. The minimum Gasteiger partial charge on any atom is -0.481 e. The van der Waals surface area contributed by atoms with Gasteiger partial charge in [-0.3, -0.25) is 4.79 Å². The molecule has 2 fully saturated rings. The van der Waals surface area contributed by atoms with Crippen molar-refractivity contribution in [3.8, 4) is 5.88 Å². The summed E-state index contributed by atoms with van der Waals surface area (Å²) >= 11 is 1.49. The summed E-state index contributed by atoms with van der Waals surface area (Å²) in [5.41, 5.74) is -0.263. The lowest BCUT2D eigenvalue weighted by molar-refractivity contribution is -0.111. The van der Waals surface area contributed by atoms with Gasteiger partial charge >= 0.3 is 0 Å². The summed E-state index contributed by atoms with van der Waals surface area (Å²) in [6, 6.07) is 5.55. The maximum atomic E-state index is 12.7. The second kappa shape index (κ2) is 7.20. The van der Waals surface area contributed by atoms with Gasteiger partial charge in [0.15, 0.2) is 0 Å². The van der Waals surface area contributed by atoms with Gasteiger partial charge in [-0.25, -0.2) is 4.98 Å². The Morgan fingerprint density at radius 2 is 2.15 bits per heavy atom. The molecule has 4 rings (SSSR count). The molecular formula is C18H22N4O3S. The van der Waals surface area contributed by atoms with Gasteiger partial charge in [0.25, 0.3) is 5.91 Å². The molecule has 0 N–H and O–H groups in total. The molecular weight excluding hydrogens is 352 g/mol. The Balaban J connectivity index is 1.42. The molecule has 0 radical (unpaired) electrons. The van der Waals surface area contributed by atoms with E-state index in [0.717, 1.165) is 30.8 Å². The summed E-state index contributed by atoms with van der Waals surface area (Å²) in [6.45, 7) is 3.49. The van der Waals surface area contributed by atoms with Gasteiger partial charge in [0, 0.05) is 31.9 Å². The molecule has 2 aromatic rings. The maximum Gasteiger partial charge on any atom is 0.264 e. The van der Waals surface area contributed by atoms with Gasteiger partial charge in [-0.15, -0.1) is 11.3 Å². The molecule has 2 aliphatic rings. The lowest BCUT2D eigenvalue weighted by atomic mass is 9.89. The van der Waals surface area contributed by atoms with Crippen molar-refractivity contribution in [3.63, 3.8) is 0 Å². The molecule has 4 heterocycles. The van der Waals surface area contributed by atoms with Gasteiger partial charge in [0.1, 0.15) is 0 Å². The number of rotatable bonds is 3. The molecule has 2 aliphatic heterocycles. The molecule has 0 aliphatic carbocycles. The van der Waals surface area contributed by atoms with Crippen molar-refractivity contribution in [2.45, 2.75) is 18.4 Å². The molecule has 2 aromatic heterocycles. The quantitative estimate of drug-likeness (QED) is 0.819. The fourth-order valence-electron chi connectivity index (χ4n) is 3.59. The number of thiophene rings is 1. The highest BCUT2D eigenvalue weighted by molar-refractivity contribution is 7.12. The Kier molecular flexibility index (Phi) is 4.78. The average molecular weight is 374 g/mol. The van der Waals surface area contributed by atoms with Crippen LogP contribution in [0.5, 0.6) is 5.88 Å². The van der Waals surface area contributed by atoms with Crippen LogP contribution in [0.4, 0.5) is 5.95 Å². The highest BCUT2D eigenvalue weighted by Crippen LogP contribution is 2.32. The van der Waals surface area contributed by atoms with E-state index in [1.54, 1.807) is 19.4 Å². The number of piperidine rings is 1. The number of carbonyl (C=O) groups excluding carboxylic acids is 1. The standard InChI is InChI=1S/C18H22N4O3S/c1-24-15-4-7-19-17(20-15)21-8-5-18(6-9-21)13-22(10-11-25-18)16(23)14-3-2-12-26-14/h2-4,7,12H,5-6,8-11,13H2,1H3. The molecule has 0 saturated carbocycles. The molecule has 1 amide bonds. The van der Waals surface area contributed by atoms with Crippen LogP contribution in [0.3, 0.4) is 0 Å². The number of ether oxygens (including phenoxy) is 2. The number of anilines is 1. The lowest BCUT2D eigenvalue weighted by Gasteiger charge is -2.47. The number of morpholine rings is 1. The Hall–Kier alpha value is -2.19. The number of methoxy groups -OCH3 is 1. The van der Waals surface area contributed by atoms with Crippen LogP contribution in [0.15, 0.2) is 29.8 Å². The van der Waals surface area contributed by atoms with E-state index >= 15 is 0 Å². The van der Waals surface area contributed by atoms with Crippen LogP contribution in [0.25, 0.3) is 0 Å². The molecule has 0 bridgehead atoms. The number of amides is 1. The Morgan fingerprint density at radius 3 is 2.88 bits per heavy atom. The fraction of sp³-hybridized carbons (Fsp3) is 0.500. The highest BCUT2D eigenvalue weighted by atomic mass is 32.1. The third kappa shape index (κ3) is 3.39. The molecule has 2 saturated heterocycles. The van der Waals surface area contributed by atoms with Crippen LogP contribution in [-0.4, -0.2) is 66.3 Å². The van der Waals surface area contributed by atoms with E-state index in [1.807, 2.05) is 22.4 Å². The van der Waals surface area contributed by atoms with E-state index in [0.29, 0.717) is 31.5 Å². The smallest absolute Gasteiger partial charge is 0.264 e. The van der Waals surface area contributed by atoms with Gasteiger partial charge in [0.2, 0.25) is 11.8 Å². The van der Waals surface area contributed by atoms with Crippen LogP contribution in [0.2, 0.25) is 0 Å². The van der Waals surface area contributed by atoms with Crippen molar-refractivity contribution in [1.82, 2.24) is 14.9 Å². The normalized spacial score (nSPS) is 19.6. The van der Waals surface area contributed by atoms with Gasteiger partial charge in [-0.05, 0) is 24.3 Å². The first-order chi connectivity index (χ1) is 12.7. The first-order valence-corrected chi connectivity index (χ1v) is 9.66. The molecule has 138 valence electrons. The van der Waals surface area contributed by atoms with Crippen LogP contribution in [0.1, 0.15) is 22.5 Å². The zero-order valence-electron chi connectivity index (χ0n) is 14.8. The SMILES string of the molecule is COc1ccnc(N2CCC3(CC2)CN(C(=O)c2cccs2)CCO3)n1. The van der Waals surface area contributed by atoms with Gasteiger partial charge in [0.05, 0.1) is 30.7 Å². The molecule has 26 heavy (non-hydrogen) atoms. The molecule has 7 nitrogen and oxygen atoms in total. The summed E-state index contributed by atoms with van der Waals surface area (Å²) in [7, 11) is 1.60. The Labute approximate surface area is 156 Å². The minimum absolute atomic E-state index is 0.112. The topological polar surface area (TPSA) is 67.8 Å². The predicted octanol–water partition coefficient (Wildman–Crippen LogP) is 2.06. The van der Waals surface area contributed by atoms with E-state index < -0.39 is 0 Å². The molecule has 0 aromatic carbocycles. The first-order valence-electron chi connectivity index (χ1n) is 8.78. The van der Waals surface area contributed by atoms with E-state index in [4.69, 9.17) is 9.47 Å². The summed E-state index contributed by atoms with van der Waals surface area (Å²) in [5, 5.41) is 1.94. The average Bonchev–Trinajstić information content (AvgIpc) is 3.23. The Bertz CT molecular complexity index is 760. The first kappa shape index (κ1) is 17.2. The molecule has 0 unspecified atom stereocenters. The fourth-order valence-corrected chi connectivity index (χ4v) is 4.28. The van der Waals surface area contributed by atoms with Crippen molar-refractivity contribution >= 4 is 23.2 Å². The van der Waals surface area contributed by atoms with E-state index in [2.05, 4.69) is 14.9 Å². The zero-order valence-corrected chi connectivity index (χ0v) is 15.6. The van der Waals surface area contributed by atoms with E-state index in [9.17, 15) is 4.79 Å².